The third-order valence-electron chi connectivity index (χ3n) is 7.25. The van der Waals surface area contributed by atoms with Crippen LogP contribution in [0, 0.1) is 0 Å². The first-order chi connectivity index (χ1) is 18.9. The molecule has 0 saturated carbocycles. The second kappa shape index (κ2) is 12.4. The van der Waals surface area contributed by atoms with Crippen LogP contribution in [0.25, 0.3) is 11.1 Å². The highest BCUT2D eigenvalue weighted by molar-refractivity contribution is 7.89. The van der Waals surface area contributed by atoms with E-state index in [0.717, 1.165) is 16.7 Å². The maximum atomic E-state index is 13.5. The number of ether oxygens (including phenoxy) is 2. The highest BCUT2D eigenvalue weighted by atomic mass is 32.2. The third kappa shape index (κ3) is 6.74. The fourth-order valence-electron chi connectivity index (χ4n) is 5.22. The molecule has 39 heavy (non-hydrogen) atoms. The lowest BCUT2D eigenvalue weighted by atomic mass is 9.96. The third-order valence-corrected chi connectivity index (χ3v) is 9.15. The number of hydrogen-bond donors (Lipinski definition) is 2. The maximum absolute atomic E-state index is 13.5. The number of hydrogen-bond acceptors (Lipinski definition) is 6. The van der Waals surface area contributed by atoms with Gasteiger partial charge in [-0.2, -0.15) is 4.31 Å². The first-order valence-electron chi connectivity index (χ1n) is 13.3. The van der Waals surface area contributed by atoms with E-state index in [1.54, 1.807) is 30.3 Å². The van der Waals surface area contributed by atoms with Crippen molar-refractivity contribution in [2.24, 2.45) is 0 Å². The average molecular weight is 551 g/mol. The minimum absolute atomic E-state index is 0.0155. The van der Waals surface area contributed by atoms with Crippen LogP contribution in [0.3, 0.4) is 0 Å². The predicted octanol–water partition coefficient (Wildman–Crippen LogP) is 3.36. The predicted molar refractivity (Wildman–Crippen MR) is 147 cm³/mol. The van der Waals surface area contributed by atoms with E-state index < -0.39 is 28.3 Å². The smallest absolute Gasteiger partial charge is 0.243 e. The van der Waals surface area contributed by atoms with E-state index >= 15 is 0 Å². The van der Waals surface area contributed by atoms with E-state index in [9.17, 15) is 18.3 Å². The molecule has 0 radical (unpaired) electrons. The van der Waals surface area contributed by atoms with Crippen LogP contribution in [-0.2, 0) is 30.8 Å². The Morgan fingerprint density at radius 2 is 1.56 bits per heavy atom. The minimum atomic E-state index is -3.85. The summed E-state index contributed by atoms with van der Waals surface area (Å²) in [5.41, 5.74) is 3.26. The zero-order chi connectivity index (χ0) is 27.2. The Hall–Kier alpha value is -3.08. The second-order valence-electron chi connectivity index (χ2n) is 10.1. The molecule has 2 saturated heterocycles. The quantitative estimate of drug-likeness (QED) is 0.468. The topological polar surface area (TPSA) is 105 Å². The summed E-state index contributed by atoms with van der Waals surface area (Å²) >= 11 is 0. The molecule has 9 heteroatoms. The summed E-state index contributed by atoms with van der Waals surface area (Å²) in [5, 5.41) is 13.3. The van der Waals surface area contributed by atoms with Crippen molar-refractivity contribution in [2.45, 2.75) is 55.1 Å². The molecular weight excluding hydrogens is 516 g/mol. The Morgan fingerprint density at radius 3 is 2.28 bits per heavy atom. The number of nitrogens with zero attached hydrogens (tertiary/aromatic N) is 1. The molecule has 0 aliphatic carbocycles. The molecule has 2 fully saturated rings. The first kappa shape index (κ1) is 27.5. The van der Waals surface area contributed by atoms with E-state index in [1.807, 2.05) is 42.5 Å². The van der Waals surface area contributed by atoms with Gasteiger partial charge in [0.1, 0.15) is 0 Å². The molecule has 4 atom stereocenters. The largest absolute Gasteiger partial charge is 0.389 e. The second-order valence-corrected chi connectivity index (χ2v) is 12.0. The summed E-state index contributed by atoms with van der Waals surface area (Å²) < 4.78 is 40.2. The Labute approximate surface area is 229 Å². The Balaban J connectivity index is 1.18. The number of rotatable bonds is 7. The number of amides is 1. The molecule has 3 aromatic rings. The number of sulfonamides is 1. The maximum Gasteiger partial charge on any atom is 0.243 e. The molecule has 206 valence electrons. The molecule has 0 aromatic heterocycles. The molecule has 2 aliphatic rings. The van der Waals surface area contributed by atoms with Crippen molar-refractivity contribution < 1.29 is 27.8 Å². The van der Waals surface area contributed by atoms with Gasteiger partial charge in [0.25, 0.3) is 0 Å². The SMILES string of the molecule is O=C(C[C@H]1CC[C@@H]2[C@H](COC[C@H](O)CN2S(=O)(=O)c2ccccc2)O1)NCc1ccc(-c2ccccc2)cc1. The van der Waals surface area contributed by atoms with Crippen molar-refractivity contribution in [2.75, 3.05) is 19.8 Å². The number of fused-ring (bicyclic) bond motifs is 1. The Bertz CT molecular complexity index is 1330. The fourth-order valence-corrected chi connectivity index (χ4v) is 6.96. The van der Waals surface area contributed by atoms with Crippen molar-refractivity contribution in [1.29, 1.82) is 0 Å². The number of nitrogens with one attached hydrogen (secondary N) is 1. The zero-order valence-corrected chi connectivity index (χ0v) is 22.5. The van der Waals surface area contributed by atoms with Crippen LogP contribution in [0.2, 0.25) is 0 Å². The van der Waals surface area contributed by atoms with Crippen LogP contribution < -0.4 is 5.32 Å². The van der Waals surface area contributed by atoms with Crippen LogP contribution in [0.5, 0.6) is 0 Å². The van der Waals surface area contributed by atoms with Crippen molar-refractivity contribution in [3.05, 3.63) is 90.5 Å². The fraction of sp³-hybridized carbons (Fsp3) is 0.367. The van der Waals surface area contributed by atoms with Gasteiger partial charge in [-0.1, -0.05) is 72.8 Å². The molecule has 0 bridgehead atoms. The van der Waals surface area contributed by atoms with E-state index in [0.29, 0.717) is 19.4 Å². The molecule has 2 N–H and O–H groups in total. The van der Waals surface area contributed by atoms with Gasteiger partial charge in [-0.15, -0.1) is 0 Å². The first-order valence-corrected chi connectivity index (χ1v) is 14.7. The molecule has 2 aliphatic heterocycles. The van der Waals surface area contributed by atoms with Crippen LogP contribution >= 0.6 is 0 Å². The minimum Gasteiger partial charge on any atom is -0.389 e. The summed E-state index contributed by atoms with van der Waals surface area (Å²) in [6.07, 6.45) is -0.605. The van der Waals surface area contributed by atoms with Gasteiger partial charge in [-0.05, 0) is 41.7 Å². The summed E-state index contributed by atoms with van der Waals surface area (Å²) in [7, 11) is -3.85. The van der Waals surface area contributed by atoms with Gasteiger partial charge in [0.2, 0.25) is 15.9 Å². The van der Waals surface area contributed by atoms with Gasteiger partial charge in [0.05, 0.1) is 48.9 Å². The van der Waals surface area contributed by atoms with Crippen LogP contribution in [-0.4, -0.2) is 67.8 Å². The molecule has 0 spiro atoms. The van der Waals surface area contributed by atoms with E-state index in [-0.39, 0.29) is 43.1 Å². The zero-order valence-electron chi connectivity index (χ0n) is 21.7. The number of carbonyl (C=O) groups is 1. The van der Waals surface area contributed by atoms with Crippen molar-refractivity contribution >= 4 is 15.9 Å². The van der Waals surface area contributed by atoms with E-state index in [2.05, 4.69) is 17.4 Å². The van der Waals surface area contributed by atoms with Gasteiger partial charge in [-0.25, -0.2) is 8.42 Å². The summed E-state index contributed by atoms with van der Waals surface area (Å²) in [6, 6.07) is 25.9. The number of aliphatic hydroxyl groups excluding tert-OH is 1. The Kier molecular flexibility index (Phi) is 8.74. The number of aliphatic hydroxyl groups is 1. The highest BCUT2D eigenvalue weighted by Gasteiger charge is 2.43. The van der Waals surface area contributed by atoms with Gasteiger partial charge in [0.15, 0.2) is 0 Å². The van der Waals surface area contributed by atoms with Crippen molar-refractivity contribution in [1.82, 2.24) is 9.62 Å². The monoisotopic (exact) mass is 550 g/mol. The van der Waals surface area contributed by atoms with Crippen LogP contribution in [0.1, 0.15) is 24.8 Å². The van der Waals surface area contributed by atoms with Crippen molar-refractivity contribution in [3.8, 4) is 11.1 Å². The van der Waals surface area contributed by atoms with Gasteiger partial charge in [0, 0.05) is 13.1 Å². The Morgan fingerprint density at radius 1 is 0.897 bits per heavy atom. The average Bonchev–Trinajstić information content (AvgIpc) is 2.95. The van der Waals surface area contributed by atoms with E-state index in [4.69, 9.17) is 9.47 Å². The summed E-state index contributed by atoms with van der Waals surface area (Å²) in [4.78, 5) is 12.9. The molecule has 1 amide bonds. The van der Waals surface area contributed by atoms with Crippen LogP contribution in [0.15, 0.2) is 89.8 Å². The summed E-state index contributed by atoms with van der Waals surface area (Å²) in [5.74, 6) is -0.124. The number of carbonyl (C=O) groups excluding carboxylic acids is 1. The number of benzene rings is 3. The van der Waals surface area contributed by atoms with Gasteiger partial charge in [-0.3, -0.25) is 4.79 Å². The lowest BCUT2D eigenvalue weighted by Crippen LogP contribution is -2.57. The van der Waals surface area contributed by atoms with Crippen LogP contribution in [0.4, 0.5) is 0 Å². The van der Waals surface area contributed by atoms with E-state index in [1.165, 1.54) is 4.31 Å². The summed E-state index contributed by atoms with van der Waals surface area (Å²) in [6.45, 7) is 0.503. The molecule has 2 heterocycles. The lowest BCUT2D eigenvalue weighted by Gasteiger charge is -2.43. The van der Waals surface area contributed by atoms with Gasteiger partial charge >= 0.3 is 0 Å². The van der Waals surface area contributed by atoms with Crippen molar-refractivity contribution in [3.63, 3.8) is 0 Å². The lowest BCUT2D eigenvalue weighted by molar-refractivity contribution is -0.146. The normalized spacial score (nSPS) is 24.2. The molecule has 5 rings (SSSR count). The molecule has 0 unspecified atom stereocenters. The molecule has 8 nitrogen and oxygen atoms in total. The molecule has 3 aromatic carbocycles. The number of β-amino-alcohol motifs (C(OH)–C–C–N with tert-alkyl or cyclic N) is 1. The van der Waals surface area contributed by atoms with Gasteiger partial charge < -0.3 is 19.9 Å². The highest BCUT2D eigenvalue weighted by Crippen LogP contribution is 2.31. The standard InChI is InChI=1S/C30H34N2O6S/c33-25-19-32(39(35,36)27-9-5-2-6-10-27)28-16-15-26(38-29(28)21-37-20-25)17-30(34)31-18-22-11-13-24(14-12-22)23-7-3-1-4-8-23/h1-14,25-26,28-29,33H,15-21H2,(H,31,34)/t25-,26-,28-,29+/m1/s1. The molecular formula is C30H34N2O6S.